The van der Waals surface area contributed by atoms with Gasteiger partial charge in [-0.15, -0.1) is 0 Å². The Morgan fingerprint density at radius 2 is 1.24 bits per heavy atom. The number of hydrogen-bond acceptors (Lipinski definition) is 3. The Morgan fingerprint density at radius 1 is 0.733 bits per heavy atom. The average Bonchev–Trinajstić information content (AvgIpc) is 3.49. The van der Waals surface area contributed by atoms with E-state index in [0.29, 0.717) is 28.8 Å². The largest absolute Gasteiger partial charge is 0.677 e. The lowest BCUT2D eigenvalue weighted by atomic mass is 9.91. The van der Waals surface area contributed by atoms with Crippen molar-refractivity contribution in [3.8, 4) is 0 Å². The Bertz CT molecular complexity index is 1920. The maximum atomic E-state index is 14.6. The summed E-state index contributed by atoms with van der Waals surface area (Å²) >= 11 is 0. The fourth-order valence-electron chi connectivity index (χ4n) is 6.34. The molecule has 4 aromatic carbocycles. The number of aromatic nitrogens is 1. The van der Waals surface area contributed by atoms with Crippen molar-refractivity contribution in [2.75, 3.05) is 4.90 Å². The summed E-state index contributed by atoms with van der Waals surface area (Å²) in [6.07, 6.45) is 0.660. The summed E-state index contributed by atoms with van der Waals surface area (Å²) in [6.45, 7) is 7.22. The molecular weight excluding hydrogens is 563 g/mol. The molecule has 1 aliphatic rings. The maximum Gasteiger partial charge on any atom is 0.677 e. The highest BCUT2D eigenvalue weighted by molar-refractivity contribution is 6.42. The van der Waals surface area contributed by atoms with Gasteiger partial charge in [0.05, 0.1) is 5.70 Å². The van der Waals surface area contributed by atoms with Crippen LogP contribution < -0.4 is 4.90 Å². The van der Waals surface area contributed by atoms with Gasteiger partial charge in [-0.3, -0.25) is 18.4 Å². The van der Waals surface area contributed by atoms with Crippen LogP contribution in [-0.4, -0.2) is 23.9 Å². The lowest BCUT2D eigenvalue weighted by molar-refractivity contribution is 0.112. The smallest absolute Gasteiger partial charge is 0.328 e. The number of allylic oxidation sites excluding steroid dienone is 2. The van der Waals surface area contributed by atoms with Gasteiger partial charge in [-0.2, -0.15) is 0 Å². The molecule has 1 aromatic heterocycles. The van der Waals surface area contributed by atoms with Gasteiger partial charge in [0.15, 0.2) is 6.29 Å². The highest BCUT2D eigenvalue weighted by Crippen LogP contribution is 2.42. The molecule has 0 saturated carbocycles. The van der Waals surface area contributed by atoms with Crippen molar-refractivity contribution >= 4 is 47.6 Å². The van der Waals surface area contributed by atoms with Crippen LogP contribution in [0.25, 0.3) is 11.1 Å². The predicted molar refractivity (Wildman–Crippen MR) is 182 cm³/mol. The zero-order chi connectivity index (χ0) is 31.7. The van der Waals surface area contributed by atoms with Crippen LogP contribution in [0, 0.1) is 13.8 Å². The number of carbonyl (C=O) groups is 1. The van der Waals surface area contributed by atoms with Gasteiger partial charge in [0.2, 0.25) is 0 Å². The van der Waals surface area contributed by atoms with E-state index in [9.17, 15) is 13.4 Å². The van der Waals surface area contributed by atoms with Crippen LogP contribution >= 0.6 is 0 Å². The summed E-state index contributed by atoms with van der Waals surface area (Å²) in [5.41, 5.74) is 9.98. The molecule has 0 spiro atoms. The first kappa shape index (κ1) is 29.8. The molecule has 2 heterocycles. The van der Waals surface area contributed by atoms with E-state index in [2.05, 4.69) is 53.4 Å². The lowest BCUT2D eigenvalue weighted by Crippen LogP contribution is -2.18. The zero-order valence-corrected chi connectivity index (χ0v) is 25.6. The number of benzene rings is 4. The van der Waals surface area contributed by atoms with Crippen molar-refractivity contribution in [3.05, 3.63) is 160 Å². The van der Waals surface area contributed by atoms with Crippen molar-refractivity contribution in [1.82, 2.24) is 4.48 Å². The highest BCUT2D eigenvalue weighted by atomic mass is 19.2. The molecule has 0 aliphatic carbocycles. The summed E-state index contributed by atoms with van der Waals surface area (Å²) < 4.78 is 30.2. The molecule has 0 fully saturated rings. The van der Waals surface area contributed by atoms with Gasteiger partial charge in [0, 0.05) is 50.9 Å². The molecule has 1 aliphatic heterocycles. The Kier molecular flexibility index (Phi) is 8.18. The van der Waals surface area contributed by atoms with Crippen LogP contribution in [0.4, 0.5) is 25.7 Å². The van der Waals surface area contributed by atoms with Crippen LogP contribution in [0.1, 0.15) is 52.3 Å². The van der Waals surface area contributed by atoms with Crippen molar-refractivity contribution in [2.45, 2.75) is 27.7 Å². The van der Waals surface area contributed by atoms with Gasteiger partial charge in [-0.1, -0.05) is 78.9 Å². The van der Waals surface area contributed by atoms with Gasteiger partial charge >= 0.3 is 7.40 Å². The van der Waals surface area contributed by atoms with Crippen molar-refractivity contribution < 1.29 is 13.4 Å². The monoisotopic (exact) mass is 595 g/mol. The molecule has 0 saturated heterocycles. The van der Waals surface area contributed by atoms with Gasteiger partial charge < -0.3 is 9.38 Å². The van der Waals surface area contributed by atoms with Crippen molar-refractivity contribution in [3.63, 3.8) is 0 Å². The van der Waals surface area contributed by atoms with E-state index in [1.54, 1.807) is 13.8 Å². The summed E-state index contributed by atoms with van der Waals surface area (Å²) in [5, 5.41) is 0. The summed E-state index contributed by atoms with van der Waals surface area (Å²) in [4.78, 5) is 19.2. The lowest BCUT2D eigenvalue weighted by Gasteiger charge is -2.25. The first-order valence-electron chi connectivity index (χ1n) is 14.8. The Morgan fingerprint density at radius 3 is 1.76 bits per heavy atom. The molecular formula is C38H32BF2N3O. The number of aliphatic imine (C=N–C) groups is 1. The Hall–Kier alpha value is -5.30. The maximum absolute atomic E-state index is 14.6. The van der Waals surface area contributed by atoms with Crippen LogP contribution in [0.2, 0.25) is 0 Å². The molecule has 0 bridgehead atoms. The molecule has 7 heteroatoms. The molecule has 0 atom stereocenters. The van der Waals surface area contributed by atoms with E-state index in [0.717, 1.165) is 49.5 Å². The van der Waals surface area contributed by atoms with Gasteiger partial charge in [0.25, 0.3) is 0 Å². The number of halogens is 2. The number of carbonyl (C=O) groups excluding carboxylic acids is 1. The number of rotatable bonds is 8. The number of nitrogens with zero attached hydrogens (tertiary/aromatic N) is 3. The molecule has 222 valence electrons. The summed E-state index contributed by atoms with van der Waals surface area (Å²) in [6, 6.07) is 38.2. The van der Waals surface area contributed by atoms with Gasteiger partial charge in [-0.25, -0.2) is 0 Å². The molecule has 0 N–H and O–H groups in total. The van der Waals surface area contributed by atoms with E-state index in [-0.39, 0.29) is 11.3 Å². The predicted octanol–water partition coefficient (Wildman–Crippen LogP) is 9.87. The average molecular weight is 596 g/mol. The quantitative estimate of drug-likeness (QED) is 0.132. The first-order chi connectivity index (χ1) is 21.8. The van der Waals surface area contributed by atoms with Crippen molar-refractivity contribution in [1.29, 1.82) is 0 Å². The van der Waals surface area contributed by atoms with Gasteiger partial charge in [0.1, 0.15) is 0 Å². The third-order valence-electron chi connectivity index (χ3n) is 8.41. The minimum atomic E-state index is -2.83. The Balaban J connectivity index is 1.52. The number of para-hydroxylation sites is 2. The van der Waals surface area contributed by atoms with E-state index in [1.165, 1.54) is 0 Å². The van der Waals surface area contributed by atoms with Crippen LogP contribution in [0.15, 0.2) is 132 Å². The minimum absolute atomic E-state index is 0.235. The highest BCUT2D eigenvalue weighted by Gasteiger charge is 2.33. The normalized spacial score (nSPS) is 14.0. The first-order valence-corrected chi connectivity index (χ1v) is 14.8. The topological polar surface area (TPSA) is 37.6 Å². The SMILES string of the molecule is CC1=N/C(=C(/c2ccccc2)c2c(C)c(C=O)c(C)n2B(F)F)C(C)=C1c1ccc(N(c2ccccc2)c2ccccc2)cc1. The fourth-order valence-corrected chi connectivity index (χ4v) is 6.34. The Labute approximate surface area is 262 Å². The summed E-state index contributed by atoms with van der Waals surface area (Å²) in [5.74, 6) is 0. The minimum Gasteiger partial charge on any atom is -0.328 e. The molecule has 0 unspecified atom stereocenters. The standard InChI is InChI=1S/C38H32BF2N3O/c1-25-34(24-45)28(4)44(39(40)41)38(25)36(29-14-8-5-9-15-29)37-26(2)35(27(3)42-37)30-20-22-33(23-21-30)43(31-16-10-6-11-17-31)32-18-12-7-13-19-32/h5-24H,1-4H3/b37-36-. The number of aldehydes is 1. The molecule has 0 amide bonds. The molecule has 45 heavy (non-hydrogen) atoms. The zero-order valence-electron chi connectivity index (χ0n) is 25.6. The second kappa shape index (κ2) is 12.4. The van der Waals surface area contributed by atoms with E-state index < -0.39 is 7.40 Å². The van der Waals surface area contributed by atoms with E-state index in [1.807, 2.05) is 80.6 Å². The number of anilines is 3. The molecule has 5 aromatic rings. The summed E-state index contributed by atoms with van der Waals surface area (Å²) in [7, 11) is -2.83. The van der Waals surface area contributed by atoms with Crippen molar-refractivity contribution in [2.24, 2.45) is 4.99 Å². The second-order valence-corrected chi connectivity index (χ2v) is 11.1. The molecule has 0 radical (unpaired) electrons. The van der Waals surface area contributed by atoms with Crippen LogP contribution in [-0.2, 0) is 0 Å². The van der Waals surface area contributed by atoms with E-state index >= 15 is 0 Å². The third kappa shape index (κ3) is 5.35. The van der Waals surface area contributed by atoms with Crippen LogP contribution in [0.3, 0.4) is 0 Å². The van der Waals surface area contributed by atoms with E-state index in [4.69, 9.17) is 4.99 Å². The second-order valence-electron chi connectivity index (χ2n) is 11.1. The van der Waals surface area contributed by atoms with Crippen LogP contribution in [0.5, 0.6) is 0 Å². The molecule has 4 nitrogen and oxygen atoms in total. The van der Waals surface area contributed by atoms with Gasteiger partial charge in [-0.05, 0) is 86.4 Å². The fraction of sp³-hybridized carbons (Fsp3) is 0.105. The number of hydrogen-bond donors (Lipinski definition) is 0. The molecule has 6 rings (SSSR count). The third-order valence-corrected chi connectivity index (χ3v) is 8.41.